The van der Waals surface area contributed by atoms with E-state index in [0.29, 0.717) is 18.4 Å². The number of hydrogen-bond acceptors (Lipinski definition) is 3. The number of methoxy groups -OCH3 is 1. The van der Waals surface area contributed by atoms with Crippen molar-refractivity contribution < 1.29 is 9.53 Å². The van der Waals surface area contributed by atoms with Crippen molar-refractivity contribution in [2.24, 2.45) is 11.8 Å². The number of carbonyl (C=O) groups excluding carboxylic acids is 1. The van der Waals surface area contributed by atoms with Crippen LogP contribution in [0.5, 0.6) is 5.75 Å². The summed E-state index contributed by atoms with van der Waals surface area (Å²) >= 11 is 0. The molecular formula is C19H28N2O2. The number of benzene rings is 1. The Balaban J connectivity index is 1.71. The molecule has 2 heterocycles. The molecule has 1 aromatic carbocycles. The maximum absolute atomic E-state index is 12.8. The summed E-state index contributed by atoms with van der Waals surface area (Å²) in [6, 6.07) is 6.06. The maximum Gasteiger partial charge on any atom is 0.241 e. The van der Waals surface area contributed by atoms with E-state index in [9.17, 15) is 4.79 Å². The summed E-state index contributed by atoms with van der Waals surface area (Å²) in [5.74, 6) is 2.48. The van der Waals surface area contributed by atoms with Crippen LogP contribution in [0, 0.1) is 11.8 Å². The van der Waals surface area contributed by atoms with Gasteiger partial charge in [-0.1, -0.05) is 13.8 Å². The van der Waals surface area contributed by atoms with E-state index in [1.54, 1.807) is 7.11 Å². The average Bonchev–Trinajstić information content (AvgIpc) is 2.52. The van der Waals surface area contributed by atoms with E-state index in [1.807, 2.05) is 17.0 Å². The third-order valence-corrected chi connectivity index (χ3v) is 5.01. The number of fused-ring (bicyclic) bond motifs is 1. The van der Waals surface area contributed by atoms with Gasteiger partial charge in [0.25, 0.3) is 0 Å². The number of hydrogen-bond donors (Lipinski definition) is 0. The molecule has 3 rings (SSSR count). The Morgan fingerprint density at radius 2 is 2.00 bits per heavy atom. The molecule has 0 radical (unpaired) electrons. The molecule has 1 amide bonds. The van der Waals surface area contributed by atoms with Gasteiger partial charge in [-0.05, 0) is 54.9 Å². The Morgan fingerprint density at radius 1 is 1.26 bits per heavy atom. The summed E-state index contributed by atoms with van der Waals surface area (Å²) in [6.07, 6.45) is 3.32. The highest BCUT2D eigenvalue weighted by atomic mass is 16.5. The number of anilines is 1. The molecule has 2 aliphatic rings. The zero-order chi connectivity index (χ0) is 16.4. The molecule has 2 atom stereocenters. The lowest BCUT2D eigenvalue weighted by molar-refractivity contribution is -0.120. The minimum absolute atomic E-state index is 0.234. The van der Waals surface area contributed by atoms with Crippen molar-refractivity contribution in [2.45, 2.75) is 33.1 Å². The number of nitrogens with zero attached hydrogens (tertiary/aromatic N) is 2. The largest absolute Gasteiger partial charge is 0.497 e. The van der Waals surface area contributed by atoms with E-state index in [2.05, 4.69) is 24.8 Å². The molecule has 2 aliphatic heterocycles. The molecule has 1 saturated heterocycles. The molecule has 4 heteroatoms. The van der Waals surface area contributed by atoms with Crippen molar-refractivity contribution in [1.82, 2.24) is 4.90 Å². The third kappa shape index (κ3) is 3.69. The average molecular weight is 316 g/mol. The van der Waals surface area contributed by atoms with Gasteiger partial charge in [-0.3, -0.25) is 9.69 Å². The first-order valence-electron chi connectivity index (χ1n) is 8.76. The minimum atomic E-state index is 0.234. The van der Waals surface area contributed by atoms with Crippen LogP contribution in [0.15, 0.2) is 18.2 Å². The SMILES string of the molecule is COc1ccc2c(c1)CCCN2C(=O)CN1CC(C)CC(C)C1. The predicted octanol–water partition coefficient (Wildman–Crippen LogP) is 2.95. The topological polar surface area (TPSA) is 32.8 Å². The highest BCUT2D eigenvalue weighted by Gasteiger charge is 2.27. The molecule has 0 bridgehead atoms. The Bertz CT molecular complexity index is 562. The van der Waals surface area contributed by atoms with E-state index in [0.717, 1.165) is 43.9 Å². The molecule has 0 aliphatic carbocycles. The van der Waals surface area contributed by atoms with Crippen molar-refractivity contribution >= 4 is 11.6 Å². The molecule has 0 spiro atoms. The molecule has 0 aromatic heterocycles. The minimum Gasteiger partial charge on any atom is -0.497 e. The van der Waals surface area contributed by atoms with Crippen LogP contribution in [0.2, 0.25) is 0 Å². The number of piperidine rings is 1. The van der Waals surface area contributed by atoms with Crippen molar-refractivity contribution in [3.63, 3.8) is 0 Å². The zero-order valence-electron chi connectivity index (χ0n) is 14.5. The number of amides is 1. The van der Waals surface area contributed by atoms with Crippen LogP contribution in [-0.4, -0.2) is 44.1 Å². The van der Waals surface area contributed by atoms with Crippen molar-refractivity contribution in [3.8, 4) is 5.75 Å². The van der Waals surface area contributed by atoms with E-state index in [1.165, 1.54) is 12.0 Å². The highest BCUT2D eigenvalue weighted by molar-refractivity contribution is 5.96. The van der Waals surface area contributed by atoms with Crippen LogP contribution in [0.3, 0.4) is 0 Å². The number of ether oxygens (including phenoxy) is 1. The second-order valence-corrected chi connectivity index (χ2v) is 7.28. The number of aryl methyl sites for hydroxylation is 1. The molecule has 1 fully saturated rings. The summed E-state index contributed by atoms with van der Waals surface area (Å²) in [6.45, 7) is 8.03. The molecule has 0 saturated carbocycles. The van der Waals surface area contributed by atoms with Crippen LogP contribution in [0.4, 0.5) is 5.69 Å². The zero-order valence-corrected chi connectivity index (χ0v) is 14.5. The van der Waals surface area contributed by atoms with Crippen molar-refractivity contribution in [2.75, 3.05) is 38.2 Å². The monoisotopic (exact) mass is 316 g/mol. The van der Waals surface area contributed by atoms with Gasteiger partial charge in [0, 0.05) is 25.3 Å². The summed E-state index contributed by atoms with van der Waals surface area (Å²) < 4.78 is 5.31. The van der Waals surface area contributed by atoms with Gasteiger partial charge in [-0.2, -0.15) is 0 Å². The normalized spacial score (nSPS) is 25.1. The van der Waals surface area contributed by atoms with Gasteiger partial charge in [0.05, 0.1) is 13.7 Å². The van der Waals surface area contributed by atoms with Crippen LogP contribution in [0.1, 0.15) is 32.3 Å². The first-order chi connectivity index (χ1) is 11.1. The van der Waals surface area contributed by atoms with E-state index in [-0.39, 0.29) is 5.91 Å². The van der Waals surface area contributed by atoms with E-state index >= 15 is 0 Å². The fourth-order valence-electron chi connectivity index (χ4n) is 4.16. The van der Waals surface area contributed by atoms with Gasteiger partial charge < -0.3 is 9.64 Å². The second-order valence-electron chi connectivity index (χ2n) is 7.28. The van der Waals surface area contributed by atoms with Gasteiger partial charge >= 0.3 is 0 Å². The van der Waals surface area contributed by atoms with E-state index in [4.69, 9.17) is 4.74 Å². The molecule has 0 N–H and O–H groups in total. The smallest absolute Gasteiger partial charge is 0.241 e. The van der Waals surface area contributed by atoms with Crippen LogP contribution >= 0.6 is 0 Å². The molecule has 2 unspecified atom stereocenters. The van der Waals surface area contributed by atoms with E-state index < -0.39 is 0 Å². The predicted molar refractivity (Wildman–Crippen MR) is 93.1 cm³/mol. The Hall–Kier alpha value is -1.55. The summed E-state index contributed by atoms with van der Waals surface area (Å²) in [4.78, 5) is 17.2. The van der Waals surface area contributed by atoms with Gasteiger partial charge in [0.2, 0.25) is 5.91 Å². The lowest BCUT2D eigenvalue weighted by atomic mass is 9.92. The molecule has 126 valence electrons. The van der Waals surface area contributed by atoms with Gasteiger partial charge in [-0.15, -0.1) is 0 Å². The van der Waals surface area contributed by atoms with Crippen LogP contribution in [-0.2, 0) is 11.2 Å². The van der Waals surface area contributed by atoms with Gasteiger partial charge in [-0.25, -0.2) is 0 Å². The van der Waals surface area contributed by atoms with Crippen LogP contribution in [0.25, 0.3) is 0 Å². The second kappa shape index (κ2) is 6.91. The maximum atomic E-state index is 12.8. The fraction of sp³-hybridized carbons (Fsp3) is 0.632. The first kappa shape index (κ1) is 16.3. The number of carbonyl (C=O) groups is 1. The molecule has 23 heavy (non-hydrogen) atoms. The Morgan fingerprint density at radius 3 is 2.70 bits per heavy atom. The molecule has 1 aromatic rings. The van der Waals surface area contributed by atoms with Crippen molar-refractivity contribution in [1.29, 1.82) is 0 Å². The molecule has 4 nitrogen and oxygen atoms in total. The third-order valence-electron chi connectivity index (χ3n) is 5.01. The number of rotatable bonds is 3. The quantitative estimate of drug-likeness (QED) is 0.859. The lowest BCUT2D eigenvalue weighted by Gasteiger charge is -2.37. The van der Waals surface area contributed by atoms with Crippen molar-refractivity contribution in [3.05, 3.63) is 23.8 Å². The summed E-state index contributed by atoms with van der Waals surface area (Å²) in [7, 11) is 1.69. The fourth-order valence-corrected chi connectivity index (χ4v) is 4.16. The summed E-state index contributed by atoms with van der Waals surface area (Å²) in [5.41, 5.74) is 2.30. The highest BCUT2D eigenvalue weighted by Crippen LogP contribution is 2.31. The standard InChI is InChI=1S/C19H28N2O2/c1-14-9-15(2)12-20(11-14)13-19(22)21-8-4-5-16-10-17(23-3)6-7-18(16)21/h6-7,10,14-15H,4-5,8-9,11-13H2,1-3H3. The summed E-state index contributed by atoms with van der Waals surface area (Å²) in [5, 5.41) is 0. The number of likely N-dealkylation sites (tertiary alicyclic amines) is 1. The van der Waals surface area contributed by atoms with Gasteiger partial charge in [0.1, 0.15) is 5.75 Å². The van der Waals surface area contributed by atoms with Crippen LogP contribution < -0.4 is 9.64 Å². The molecular weight excluding hydrogens is 288 g/mol. The Kier molecular flexibility index (Phi) is 4.90. The lowest BCUT2D eigenvalue weighted by Crippen LogP contribution is -2.47. The van der Waals surface area contributed by atoms with Gasteiger partial charge in [0.15, 0.2) is 0 Å². The first-order valence-corrected chi connectivity index (χ1v) is 8.76. The Labute approximate surface area is 139 Å².